The van der Waals surface area contributed by atoms with E-state index in [2.05, 4.69) is 34.0 Å². The molecule has 1 aliphatic carbocycles. The number of anilines is 1. The standard InChI is InChI=1S/C22H20ClN5/c1-13-6-21-17(7-15(13)9-25)19(18-10-27-11-20(26)22(18)23)12-28(21)16-4-2-14(8-24)3-5-16/h6-7,10-12,14,16H,2-5,26H2,1H3. The molecule has 6 heteroatoms. The summed E-state index contributed by atoms with van der Waals surface area (Å²) in [5.74, 6) is 0.150. The van der Waals surface area contributed by atoms with Gasteiger partial charge in [-0.15, -0.1) is 0 Å². The Bertz CT molecular complexity index is 1140. The summed E-state index contributed by atoms with van der Waals surface area (Å²) in [7, 11) is 0. The number of aryl methyl sites for hydroxylation is 1. The Kier molecular flexibility index (Phi) is 4.71. The molecule has 2 N–H and O–H groups in total. The second-order valence-electron chi connectivity index (χ2n) is 7.47. The first-order valence-corrected chi connectivity index (χ1v) is 9.75. The van der Waals surface area contributed by atoms with Gasteiger partial charge < -0.3 is 10.3 Å². The van der Waals surface area contributed by atoms with Gasteiger partial charge in [0.1, 0.15) is 0 Å². The first-order valence-electron chi connectivity index (χ1n) is 9.37. The fourth-order valence-corrected chi connectivity index (χ4v) is 4.37. The lowest BCUT2D eigenvalue weighted by Gasteiger charge is -2.27. The molecule has 0 unspecified atom stereocenters. The molecule has 1 fully saturated rings. The van der Waals surface area contributed by atoms with Crippen LogP contribution in [0.5, 0.6) is 0 Å². The van der Waals surface area contributed by atoms with Crippen molar-refractivity contribution in [3.63, 3.8) is 0 Å². The molecular weight excluding hydrogens is 370 g/mol. The normalized spacial score (nSPS) is 19.3. The van der Waals surface area contributed by atoms with Crippen molar-refractivity contribution >= 4 is 28.2 Å². The minimum atomic E-state index is 0.150. The highest BCUT2D eigenvalue weighted by Gasteiger charge is 2.25. The minimum absolute atomic E-state index is 0.150. The van der Waals surface area contributed by atoms with Crippen LogP contribution in [0.4, 0.5) is 5.69 Å². The molecule has 0 aliphatic heterocycles. The number of nitrogens with zero attached hydrogens (tertiary/aromatic N) is 4. The first-order chi connectivity index (χ1) is 13.5. The maximum Gasteiger partial charge on any atom is 0.0994 e. The zero-order valence-electron chi connectivity index (χ0n) is 15.6. The number of nitriles is 2. The Hall–Kier alpha value is -3.02. The molecule has 3 aromatic rings. The van der Waals surface area contributed by atoms with Gasteiger partial charge in [-0.1, -0.05) is 11.6 Å². The number of rotatable bonds is 2. The number of hydrogen-bond acceptors (Lipinski definition) is 4. The van der Waals surface area contributed by atoms with Gasteiger partial charge in [0.15, 0.2) is 0 Å². The number of aromatic nitrogens is 2. The minimum Gasteiger partial charge on any atom is -0.396 e. The molecule has 2 heterocycles. The molecule has 0 bridgehead atoms. The van der Waals surface area contributed by atoms with Gasteiger partial charge in [0.2, 0.25) is 0 Å². The van der Waals surface area contributed by atoms with Crippen LogP contribution < -0.4 is 5.73 Å². The smallest absolute Gasteiger partial charge is 0.0994 e. The average molecular weight is 390 g/mol. The molecule has 28 heavy (non-hydrogen) atoms. The van der Waals surface area contributed by atoms with Crippen molar-refractivity contribution < 1.29 is 0 Å². The summed E-state index contributed by atoms with van der Waals surface area (Å²) in [5.41, 5.74) is 10.8. The van der Waals surface area contributed by atoms with Gasteiger partial charge in [-0.05, 0) is 50.3 Å². The number of pyridine rings is 1. The van der Waals surface area contributed by atoms with Crippen molar-refractivity contribution in [2.75, 3.05) is 5.73 Å². The van der Waals surface area contributed by atoms with Crippen LogP contribution in [0.25, 0.3) is 22.0 Å². The van der Waals surface area contributed by atoms with E-state index in [0.29, 0.717) is 22.3 Å². The lowest BCUT2D eigenvalue weighted by atomic mass is 9.87. The fraction of sp³-hybridized carbons (Fsp3) is 0.318. The molecule has 140 valence electrons. The molecular formula is C22H20ClN5. The van der Waals surface area contributed by atoms with Gasteiger partial charge in [0, 0.05) is 46.4 Å². The van der Waals surface area contributed by atoms with E-state index in [4.69, 9.17) is 17.3 Å². The molecule has 5 nitrogen and oxygen atoms in total. The molecule has 2 aromatic heterocycles. The van der Waals surface area contributed by atoms with Crippen LogP contribution >= 0.6 is 11.6 Å². The summed E-state index contributed by atoms with van der Waals surface area (Å²) in [6.45, 7) is 1.95. The second kappa shape index (κ2) is 7.19. The highest BCUT2D eigenvalue weighted by molar-refractivity contribution is 6.36. The third kappa shape index (κ3) is 2.99. The van der Waals surface area contributed by atoms with Crippen molar-refractivity contribution in [1.29, 1.82) is 10.5 Å². The molecule has 0 saturated heterocycles. The van der Waals surface area contributed by atoms with Crippen molar-refractivity contribution in [3.8, 4) is 23.3 Å². The third-order valence-corrected chi connectivity index (χ3v) is 6.19. The SMILES string of the molecule is Cc1cc2c(cc1C#N)c(-c1cncc(N)c1Cl)cn2C1CCC(C#N)CC1. The molecule has 1 saturated carbocycles. The maximum atomic E-state index is 9.50. The highest BCUT2D eigenvalue weighted by Crippen LogP contribution is 2.41. The zero-order chi connectivity index (χ0) is 19.8. The Morgan fingerprint density at radius 1 is 1.14 bits per heavy atom. The Balaban J connectivity index is 1.92. The summed E-state index contributed by atoms with van der Waals surface area (Å²) >= 11 is 6.49. The van der Waals surface area contributed by atoms with E-state index < -0.39 is 0 Å². The molecule has 1 aromatic carbocycles. The van der Waals surface area contributed by atoms with E-state index in [1.165, 1.54) is 0 Å². The molecule has 0 amide bonds. The number of nitrogens with two attached hydrogens (primary N) is 1. The van der Waals surface area contributed by atoms with Crippen molar-refractivity contribution in [3.05, 3.63) is 46.9 Å². The largest absolute Gasteiger partial charge is 0.396 e. The predicted molar refractivity (Wildman–Crippen MR) is 111 cm³/mol. The number of nitrogen functional groups attached to an aromatic ring is 1. The van der Waals surface area contributed by atoms with Crippen LogP contribution in [-0.2, 0) is 0 Å². The summed E-state index contributed by atoms with van der Waals surface area (Å²) < 4.78 is 2.28. The maximum absolute atomic E-state index is 9.50. The molecule has 4 rings (SSSR count). The Labute approximate surface area is 169 Å². The van der Waals surface area contributed by atoms with Gasteiger partial charge in [0.25, 0.3) is 0 Å². The zero-order valence-corrected chi connectivity index (χ0v) is 16.4. The van der Waals surface area contributed by atoms with Crippen molar-refractivity contribution in [2.45, 2.75) is 38.6 Å². The molecule has 0 spiro atoms. The first kappa shape index (κ1) is 18.3. The number of benzene rings is 1. The molecule has 0 radical (unpaired) electrons. The molecule has 0 atom stereocenters. The van der Waals surface area contributed by atoms with Crippen LogP contribution in [0, 0.1) is 35.5 Å². The Morgan fingerprint density at radius 3 is 2.57 bits per heavy atom. The molecule has 1 aliphatic rings. The van der Waals surface area contributed by atoms with Crippen LogP contribution in [0.3, 0.4) is 0 Å². The van der Waals surface area contributed by atoms with E-state index in [1.54, 1.807) is 12.4 Å². The monoisotopic (exact) mass is 389 g/mol. The third-order valence-electron chi connectivity index (χ3n) is 5.77. The number of hydrogen-bond donors (Lipinski definition) is 1. The van der Waals surface area contributed by atoms with Crippen LogP contribution in [0.2, 0.25) is 5.02 Å². The quantitative estimate of drug-likeness (QED) is 0.637. The van der Waals surface area contributed by atoms with E-state index in [0.717, 1.165) is 53.3 Å². The highest BCUT2D eigenvalue weighted by atomic mass is 35.5. The summed E-state index contributed by atoms with van der Waals surface area (Å²) in [4.78, 5) is 4.21. The van der Waals surface area contributed by atoms with Crippen LogP contribution in [0.15, 0.2) is 30.7 Å². The summed E-state index contributed by atoms with van der Waals surface area (Å²) in [6, 6.07) is 8.99. The number of halogens is 1. The van der Waals surface area contributed by atoms with E-state index >= 15 is 0 Å². The lowest BCUT2D eigenvalue weighted by molar-refractivity contribution is 0.319. The summed E-state index contributed by atoms with van der Waals surface area (Å²) in [5, 5.41) is 20.2. The van der Waals surface area contributed by atoms with Gasteiger partial charge in [-0.25, -0.2) is 0 Å². The van der Waals surface area contributed by atoms with Crippen LogP contribution in [-0.4, -0.2) is 9.55 Å². The van der Waals surface area contributed by atoms with E-state index in [1.807, 2.05) is 13.0 Å². The average Bonchev–Trinajstić information content (AvgIpc) is 3.07. The van der Waals surface area contributed by atoms with E-state index in [9.17, 15) is 10.5 Å². The van der Waals surface area contributed by atoms with Crippen LogP contribution in [0.1, 0.15) is 42.9 Å². The number of fused-ring (bicyclic) bond motifs is 1. The lowest BCUT2D eigenvalue weighted by Crippen LogP contribution is -2.16. The van der Waals surface area contributed by atoms with Gasteiger partial charge in [-0.3, -0.25) is 4.98 Å². The second-order valence-corrected chi connectivity index (χ2v) is 7.85. The van der Waals surface area contributed by atoms with Gasteiger partial charge in [0.05, 0.1) is 34.6 Å². The topological polar surface area (TPSA) is 91.4 Å². The van der Waals surface area contributed by atoms with Crippen molar-refractivity contribution in [2.24, 2.45) is 5.92 Å². The Morgan fingerprint density at radius 2 is 1.89 bits per heavy atom. The van der Waals surface area contributed by atoms with Crippen molar-refractivity contribution in [1.82, 2.24) is 9.55 Å². The van der Waals surface area contributed by atoms with Gasteiger partial charge >= 0.3 is 0 Å². The van der Waals surface area contributed by atoms with E-state index in [-0.39, 0.29) is 5.92 Å². The fourth-order valence-electron chi connectivity index (χ4n) is 4.17. The predicted octanol–water partition coefficient (Wildman–Crippen LogP) is 5.37. The summed E-state index contributed by atoms with van der Waals surface area (Å²) in [6.07, 6.45) is 9.10. The van der Waals surface area contributed by atoms with Gasteiger partial charge in [-0.2, -0.15) is 10.5 Å².